The summed E-state index contributed by atoms with van der Waals surface area (Å²) in [5.41, 5.74) is 5.11. The molecule has 1 aromatic carbocycles. The molecule has 1 aliphatic rings. The van der Waals surface area contributed by atoms with E-state index in [0.29, 0.717) is 6.42 Å². The number of anilines is 1. The average Bonchev–Trinajstić information content (AvgIpc) is 2.75. The molecular weight excluding hydrogens is 298 g/mol. The van der Waals surface area contributed by atoms with Crippen molar-refractivity contribution >= 4 is 27.1 Å². The number of amides is 1. The molecule has 114 valence electrons. The van der Waals surface area contributed by atoms with Crippen molar-refractivity contribution < 1.29 is 18.1 Å². The van der Waals surface area contributed by atoms with E-state index in [-0.39, 0.29) is 40.9 Å². The van der Waals surface area contributed by atoms with E-state index in [1.165, 1.54) is 18.2 Å². The van der Waals surface area contributed by atoms with Crippen molar-refractivity contribution in [2.75, 3.05) is 23.8 Å². The number of hydrogen-bond donors (Lipinski definition) is 2. The third-order valence-corrected chi connectivity index (χ3v) is 5.24. The van der Waals surface area contributed by atoms with Crippen molar-refractivity contribution in [3.8, 4) is 0 Å². The van der Waals surface area contributed by atoms with Crippen LogP contribution in [0.25, 0.3) is 0 Å². The minimum atomic E-state index is -3.00. The van der Waals surface area contributed by atoms with Crippen molar-refractivity contribution in [2.45, 2.75) is 6.42 Å². The van der Waals surface area contributed by atoms with Crippen LogP contribution in [0.15, 0.2) is 18.2 Å². The molecule has 1 amide bonds. The summed E-state index contributed by atoms with van der Waals surface area (Å²) in [6, 6.07) is 3.99. The molecule has 0 spiro atoms. The fraction of sp³-hybridized carbons (Fsp3) is 0.417. The SMILES string of the molecule is Nc1c(C(=O)NCC2CCS(=O)(=O)C2)cccc1[N+](=O)[O-]. The number of hydrogen-bond acceptors (Lipinski definition) is 6. The highest BCUT2D eigenvalue weighted by atomic mass is 32.2. The predicted octanol–water partition coefficient (Wildman–Crippen LogP) is 0.341. The second kappa shape index (κ2) is 5.68. The third kappa shape index (κ3) is 3.48. The van der Waals surface area contributed by atoms with Gasteiger partial charge in [-0.1, -0.05) is 6.07 Å². The zero-order chi connectivity index (χ0) is 15.6. The molecule has 0 aromatic heterocycles. The van der Waals surface area contributed by atoms with Crippen LogP contribution >= 0.6 is 0 Å². The van der Waals surface area contributed by atoms with E-state index in [1.807, 2.05) is 0 Å². The maximum Gasteiger partial charge on any atom is 0.292 e. The van der Waals surface area contributed by atoms with Crippen molar-refractivity contribution in [3.63, 3.8) is 0 Å². The summed E-state index contributed by atoms with van der Waals surface area (Å²) >= 11 is 0. The predicted molar refractivity (Wildman–Crippen MR) is 76.6 cm³/mol. The molecule has 1 saturated heterocycles. The summed E-state index contributed by atoms with van der Waals surface area (Å²) in [5.74, 6) is -0.483. The summed E-state index contributed by atoms with van der Waals surface area (Å²) in [4.78, 5) is 22.1. The Hall–Kier alpha value is -2.16. The van der Waals surface area contributed by atoms with E-state index in [0.717, 1.165) is 0 Å². The van der Waals surface area contributed by atoms with Gasteiger partial charge < -0.3 is 11.1 Å². The lowest BCUT2D eigenvalue weighted by atomic mass is 10.1. The highest BCUT2D eigenvalue weighted by Crippen LogP contribution is 2.25. The van der Waals surface area contributed by atoms with Gasteiger partial charge in [-0.25, -0.2) is 8.42 Å². The van der Waals surface area contributed by atoms with E-state index in [4.69, 9.17) is 5.73 Å². The second-order valence-corrected chi connectivity index (χ2v) is 7.20. The summed E-state index contributed by atoms with van der Waals surface area (Å²) in [6.07, 6.45) is 0.507. The molecule has 2 rings (SSSR count). The van der Waals surface area contributed by atoms with Gasteiger partial charge in [0.25, 0.3) is 11.6 Å². The van der Waals surface area contributed by atoms with Crippen LogP contribution in [-0.4, -0.2) is 37.3 Å². The lowest BCUT2D eigenvalue weighted by Gasteiger charge is -2.11. The number of benzene rings is 1. The monoisotopic (exact) mass is 313 g/mol. The highest BCUT2D eigenvalue weighted by molar-refractivity contribution is 7.91. The van der Waals surface area contributed by atoms with Crippen LogP contribution in [0.5, 0.6) is 0 Å². The number of para-hydroxylation sites is 1. The molecule has 1 fully saturated rings. The van der Waals surface area contributed by atoms with Crippen LogP contribution in [-0.2, 0) is 9.84 Å². The van der Waals surface area contributed by atoms with Crippen LogP contribution in [0.3, 0.4) is 0 Å². The van der Waals surface area contributed by atoms with E-state index in [1.54, 1.807) is 0 Å². The van der Waals surface area contributed by atoms with Gasteiger partial charge in [0.2, 0.25) is 0 Å². The fourth-order valence-corrected chi connectivity index (χ4v) is 4.14. The number of nitrogen functional groups attached to an aromatic ring is 1. The number of nitrogens with two attached hydrogens (primary N) is 1. The van der Waals surface area contributed by atoms with Crippen LogP contribution < -0.4 is 11.1 Å². The maximum absolute atomic E-state index is 12.0. The van der Waals surface area contributed by atoms with Crippen LogP contribution in [0.2, 0.25) is 0 Å². The van der Waals surface area contributed by atoms with Crippen molar-refractivity contribution in [1.82, 2.24) is 5.32 Å². The molecule has 1 aromatic rings. The van der Waals surface area contributed by atoms with Gasteiger partial charge in [0, 0.05) is 12.6 Å². The number of rotatable bonds is 4. The molecule has 1 unspecified atom stereocenters. The Labute approximate surface area is 121 Å². The number of nitro groups is 1. The number of carbonyl (C=O) groups is 1. The molecule has 1 heterocycles. The van der Waals surface area contributed by atoms with Crippen LogP contribution in [0.1, 0.15) is 16.8 Å². The Morgan fingerprint density at radius 1 is 1.48 bits per heavy atom. The number of carbonyl (C=O) groups excluding carboxylic acids is 1. The Morgan fingerprint density at radius 2 is 2.19 bits per heavy atom. The summed E-state index contributed by atoms with van der Waals surface area (Å²) < 4.78 is 22.6. The first-order chi connectivity index (χ1) is 9.80. The number of nitrogens with one attached hydrogen (secondary N) is 1. The first-order valence-electron chi connectivity index (χ1n) is 6.31. The van der Waals surface area contributed by atoms with Crippen LogP contribution in [0.4, 0.5) is 11.4 Å². The number of sulfone groups is 1. The number of nitrogens with zero attached hydrogens (tertiary/aromatic N) is 1. The maximum atomic E-state index is 12.0. The standard InChI is InChI=1S/C12H15N3O5S/c13-11-9(2-1-3-10(11)15(17)18)12(16)14-6-8-4-5-21(19,20)7-8/h1-3,8H,4-7,13H2,(H,14,16). The number of nitro benzene ring substituents is 1. The quantitative estimate of drug-likeness (QED) is 0.468. The first-order valence-corrected chi connectivity index (χ1v) is 8.14. The van der Waals surface area contributed by atoms with Gasteiger partial charge in [0.05, 0.1) is 22.0 Å². The molecule has 21 heavy (non-hydrogen) atoms. The van der Waals surface area contributed by atoms with E-state index in [2.05, 4.69) is 5.32 Å². The molecule has 0 saturated carbocycles. The highest BCUT2D eigenvalue weighted by Gasteiger charge is 2.28. The Morgan fingerprint density at radius 3 is 2.76 bits per heavy atom. The smallest absolute Gasteiger partial charge is 0.292 e. The normalized spacial score (nSPS) is 20.1. The van der Waals surface area contributed by atoms with Crippen molar-refractivity contribution in [2.24, 2.45) is 5.92 Å². The van der Waals surface area contributed by atoms with E-state index in [9.17, 15) is 23.3 Å². The molecule has 0 bridgehead atoms. The molecule has 0 radical (unpaired) electrons. The lowest BCUT2D eigenvalue weighted by molar-refractivity contribution is -0.383. The Balaban J connectivity index is 2.05. The van der Waals surface area contributed by atoms with E-state index >= 15 is 0 Å². The summed E-state index contributed by atoms with van der Waals surface area (Å²) in [6.45, 7) is 0.209. The van der Waals surface area contributed by atoms with Gasteiger partial charge in [-0.2, -0.15) is 0 Å². The van der Waals surface area contributed by atoms with Gasteiger partial charge in [0.1, 0.15) is 5.69 Å². The van der Waals surface area contributed by atoms with Crippen molar-refractivity contribution in [1.29, 1.82) is 0 Å². The first kappa shape index (κ1) is 15.2. The molecule has 3 N–H and O–H groups in total. The summed E-state index contributed by atoms with van der Waals surface area (Å²) in [5, 5.41) is 13.3. The van der Waals surface area contributed by atoms with Gasteiger partial charge in [-0.15, -0.1) is 0 Å². The topological polar surface area (TPSA) is 132 Å². The summed E-state index contributed by atoms with van der Waals surface area (Å²) in [7, 11) is -3.00. The second-order valence-electron chi connectivity index (χ2n) is 4.97. The third-order valence-electron chi connectivity index (χ3n) is 3.40. The van der Waals surface area contributed by atoms with Crippen LogP contribution in [0, 0.1) is 16.0 Å². The molecule has 8 nitrogen and oxygen atoms in total. The van der Waals surface area contributed by atoms with Gasteiger partial charge in [-0.3, -0.25) is 14.9 Å². The Kier molecular flexibility index (Phi) is 4.12. The van der Waals surface area contributed by atoms with Gasteiger partial charge in [-0.05, 0) is 18.4 Å². The van der Waals surface area contributed by atoms with Gasteiger partial charge >= 0.3 is 0 Å². The zero-order valence-corrected chi connectivity index (χ0v) is 11.9. The zero-order valence-electron chi connectivity index (χ0n) is 11.1. The minimum Gasteiger partial charge on any atom is -0.393 e. The molecule has 0 aliphatic carbocycles. The minimum absolute atomic E-state index is 0.0186. The fourth-order valence-electron chi connectivity index (χ4n) is 2.28. The largest absolute Gasteiger partial charge is 0.393 e. The van der Waals surface area contributed by atoms with E-state index < -0.39 is 20.7 Å². The molecule has 9 heteroatoms. The van der Waals surface area contributed by atoms with Gasteiger partial charge in [0.15, 0.2) is 9.84 Å². The average molecular weight is 313 g/mol. The molecule has 1 aliphatic heterocycles. The lowest BCUT2D eigenvalue weighted by Crippen LogP contribution is -2.30. The van der Waals surface area contributed by atoms with Crippen molar-refractivity contribution in [3.05, 3.63) is 33.9 Å². The molecular formula is C12H15N3O5S. The Bertz CT molecular complexity index is 686. The molecule has 1 atom stereocenters.